The lowest BCUT2D eigenvalue weighted by Crippen LogP contribution is -2.45. The molecule has 2 N–H and O–H groups in total. The summed E-state index contributed by atoms with van der Waals surface area (Å²) in [6.07, 6.45) is 1.61. The normalized spacial score (nSPS) is 16.0. The molecule has 1 aliphatic rings. The first kappa shape index (κ1) is 18.2. The lowest BCUT2D eigenvalue weighted by molar-refractivity contribution is -0.136. The van der Waals surface area contributed by atoms with Gasteiger partial charge in [-0.25, -0.2) is 0 Å². The second-order valence-electron chi connectivity index (χ2n) is 6.16. The van der Waals surface area contributed by atoms with Crippen molar-refractivity contribution in [1.29, 1.82) is 0 Å². The molecular formula is C19H23N3O4. The summed E-state index contributed by atoms with van der Waals surface area (Å²) in [5, 5.41) is 5.35. The second kappa shape index (κ2) is 8.64. The number of carbonyl (C=O) groups excluding carboxylic acids is 2. The van der Waals surface area contributed by atoms with Crippen molar-refractivity contribution >= 4 is 17.5 Å². The fraction of sp³-hybridized carbons (Fsp3) is 0.368. The maximum Gasteiger partial charge on any atom is 0.313 e. The van der Waals surface area contributed by atoms with Crippen molar-refractivity contribution in [2.24, 2.45) is 0 Å². The van der Waals surface area contributed by atoms with Gasteiger partial charge in [0.05, 0.1) is 25.5 Å². The zero-order valence-electron chi connectivity index (χ0n) is 14.7. The molecule has 2 amide bonds. The number of anilines is 1. The van der Waals surface area contributed by atoms with Crippen molar-refractivity contribution in [2.45, 2.75) is 13.0 Å². The molecule has 2 aromatic rings. The maximum atomic E-state index is 12.2. The number of morpholine rings is 1. The van der Waals surface area contributed by atoms with E-state index in [0.717, 1.165) is 24.4 Å². The van der Waals surface area contributed by atoms with Crippen molar-refractivity contribution in [3.63, 3.8) is 0 Å². The molecule has 1 unspecified atom stereocenters. The molecule has 1 atom stereocenters. The highest BCUT2D eigenvalue weighted by Crippen LogP contribution is 2.21. The Morgan fingerprint density at radius 2 is 1.88 bits per heavy atom. The third-order valence-electron chi connectivity index (χ3n) is 4.41. The quantitative estimate of drug-likeness (QED) is 0.796. The first-order valence-corrected chi connectivity index (χ1v) is 8.65. The smallest absolute Gasteiger partial charge is 0.313 e. The minimum Gasteiger partial charge on any atom is -0.468 e. The SMILES string of the molecule is Cc1ccccc1NC(=O)C(=O)NCC(c1ccco1)N1CCOCC1. The number of hydrogen-bond donors (Lipinski definition) is 2. The van der Waals surface area contributed by atoms with E-state index in [1.54, 1.807) is 12.3 Å². The number of para-hydroxylation sites is 1. The molecule has 7 heteroatoms. The Kier molecular flexibility index (Phi) is 6.04. The molecule has 0 radical (unpaired) electrons. The van der Waals surface area contributed by atoms with E-state index in [4.69, 9.17) is 9.15 Å². The highest BCUT2D eigenvalue weighted by molar-refractivity contribution is 6.39. The Morgan fingerprint density at radius 3 is 2.58 bits per heavy atom. The number of hydrogen-bond acceptors (Lipinski definition) is 5. The number of ether oxygens (including phenoxy) is 1. The van der Waals surface area contributed by atoms with Crippen LogP contribution in [0.15, 0.2) is 47.1 Å². The fourth-order valence-electron chi connectivity index (χ4n) is 2.94. The number of aryl methyl sites for hydroxylation is 1. The standard InChI is InChI=1S/C19H23N3O4/c1-14-5-2-3-6-15(14)21-19(24)18(23)20-13-16(17-7-4-10-26-17)22-8-11-25-12-9-22/h2-7,10,16H,8-9,11-13H2,1H3,(H,20,23)(H,21,24). The van der Waals surface area contributed by atoms with Gasteiger partial charge in [-0.15, -0.1) is 0 Å². The first-order valence-electron chi connectivity index (χ1n) is 8.65. The van der Waals surface area contributed by atoms with Gasteiger partial charge in [0, 0.05) is 25.3 Å². The molecule has 0 saturated carbocycles. The predicted octanol–water partition coefficient (Wildman–Crippen LogP) is 1.72. The van der Waals surface area contributed by atoms with E-state index in [0.29, 0.717) is 18.9 Å². The Morgan fingerprint density at radius 1 is 1.12 bits per heavy atom. The highest BCUT2D eigenvalue weighted by atomic mass is 16.5. The number of carbonyl (C=O) groups is 2. The minimum absolute atomic E-state index is 0.135. The van der Waals surface area contributed by atoms with Gasteiger partial charge in [0.25, 0.3) is 0 Å². The molecule has 2 heterocycles. The summed E-state index contributed by atoms with van der Waals surface area (Å²) in [6.45, 7) is 4.93. The summed E-state index contributed by atoms with van der Waals surface area (Å²) in [5.74, 6) is -0.593. The lowest BCUT2D eigenvalue weighted by atomic mass is 10.1. The maximum absolute atomic E-state index is 12.2. The molecule has 0 spiro atoms. The molecule has 3 rings (SSSR count). The minimum atomic E-state index is -0.681. The van der Waals surface area contributed by atoms with E-state index in [9.17, 15) is 9.59 Å². The number of furan rings is 1. The molecular weight excluding hydrogens is 334 g/mol. The van der Waals surface area contributed by atoms with Crippen LogP contribution in [0.1, 0.15) is 17.4 Å². The van der Waals surface area contributed by atoms with Gasteiger partial charge in [-0.2, -0.15) is 0 Å². The molecule has 1 aromatic heterocycles. The van der Waals surface area contributed by atoms with Gasteiger partial charge < -0.3 is 19.8 Å². The van der Waals surface area contributed by atoms with E-state index in [2.05, 4.69) is 15.5 Å². The highest BCUT2D eigenvalue weighted by Gasteiger charge is 2.26. The van der Waals surface area contributed by atoms with Gasteiger partial charge in [-0.05, 0) is 30.7 Å². The average molecular weight is 357 g/mol. The van der Waals surface area contributed by atoms with Gasteiger partial charge in [0.15, 0.2) is 0 Å². The topological polar surface area (TPSA) is 83.8 Å². The average Bonchev–Trinajstić information content (AvgIpc) is 3.19. The third kappa shape index (κ3) is 4.50. The number of amides is 2. The van der Waals surface area contributed by atoms with Gasteiger partial charge in [-0.3, -0.25) is 14.5 Å². The van der Waals surface area contributed by atoms with Crippen LogP contribution in [-0.2, 0) is 14.3 Å². The summed E-state index contributed by atoms with van der Waals surface area (Å²) in [7, 11) is 0. The van der Waals surface area contributed by atoms with Crippen molar-refractivity contribution in [3.05, 3.63) is 54.0 Å². The van der Waals surface area contributed by atoms with E-state index < -0.39 is 11.8 Å². The number of nitrogens with zero attached hydrogens (tertiary/aromatic N) is 1. The number of nitrogens with one attached hydrogen (secondary N) is 2. The summed E-state index contributed by atoms with van der Waals surface area (Å²) in [6, 6.07) is 10.9. The fourth-order valence-corrected chi connectivity index (χ4v) is 2.94. The van der Waals surface area contributed by atoms with Crippen LogP contribution in [0, 0.1) is 6.92 Å². The van der Waals surface area contributed by atoms with Gasteiger partial charge >= 0.3 is 11.8 Å². The van der Waals surface area contributed by atoms with Gasteiger partial charge in [0.1, 0.15) is 5.76 Å². The molecule has 7 nitrogen and oxygen atoms in total. The Bertz CT molecular complexity index is 739. The van der Waals surface area contributed by atoms with Crippen LogP contribution in [-0.4, -0.2) is 49.6 Å². The number of rotatable bonds is 5. The van der Waals surface area contributed by atoms with Crippen LogP contribution in [0.5, 0.6) is 0 Å². The molecule has 1 aromatic carbocycles. The number of benzene rings is 1. The summed E-state index contributed by atoms with van der Waals surface area (Å²) in [4.78, 5) is 26.6. The van der Waals surface area contributed by atoms with Crippen molar-refractivity contribution < 1.29 is 18.7 Å². The van der Waals surface area contributed by atoms with Crippen LogP contribution in [0.25, 0.3) is 0 Å². The van der Waals surface area contributed by atoms with Crippen molar-refractivity contribution in [1.82, 2.24) is 10.2 Å². The predicted molar refractivity (Wildman–Crippen MR) is 96.7 cm³/mol. The summed E-state index contributed by atoms with van der Waals surface area (Å²) in [5.41, 5.74) is 1.53. The molecule has 1 saturated heterocycles. The van der Waals surface area contributed by atoms with E-state index in [-0.39, 0.29) is 12.6 Å². The van der Waals surface area contributed by atoms with E-state index >= 15 is 0 Å². The largest absolute Gasteiger partial charge is 0.468 e. The summed E-state index contributed by atoms with van der Waals surface area (Å²) < 4.78 is 10.9. The Hall–Kier alpha value is -2.64. The third-order valence-corrected chi connectivity index (χ3v) is 4.41. The molecule has 1 fully saturated rings. The van der Waals surface area contributed by atoms with E-state index in [1.165, 1.54) is 0 Å². The van der Waals surface area contributed by atoms with E-state index in [1.807, 2.05) is 37.3 Å². The lowest BCUT2D eigenvalue weighted by Gasteiger charge is -2.33. The molecule has 1 aliphatic heterocycles. The molecule has 26 heavy (non-hydrogen) atoms. The Balaban J connectivity index is 1.60. The zero-order valence-corrected chi connectivity index (χ0v) is 14.7. The van der Waals surface area contributed by atoms with Crippen LogP contribution >= 0.6 is 0 Å². The van der Waals surface area contributed by atoms with Gasteiger partial charge in [-0.1, -0.05) is 18.2 Å². The first-order chi connectivity index (χ1) is 12.6. The molecule has 138 valence electrons. The van der Waals surface area contributed by atoms with Crippen molar-refractivity contribution in [2.75, 3.05) is 38.2 Å². The zero-order chi connectivity index (χ0) is 18.4. The molecule has 0 bridgehead atoms. The molecule has 0 aliphatic carbocycles. The second-order valence-corrected chi connectivity index (χ2v) is 6.16. The summed E-state index contributed by atoms with van der Waals surface area (Å²) >= 11 is 0. The Labute approximate surface area is 152 Å². The van der Waals surface area contributed by atoms with Crippen molar-refractivity contribution in [3.8, 4) is 0 Å². The van der Waals surface area contributed by atoms with Crippen LogP contribution < -0.4 is 10.6 Å². The van der Waals surface area contributed by atoms with Crippen LogP contribution in [0.2, 0.25) is 0 Å². The van der Waals surface area contributed by atoms with Crippen LogP contribution in [0.4, 0.5) is 5.69 Å². The van der Waals surface area contributed by atoms with Crippen LogP contribution in [0.3, 0.4) is 0 Å². The monoisotopic (exact) mass is 357 g/mol. The van der Waals surface area contributed by atoms with Gasteiger partial charge in [0.2, 0.25) is 0 Å².